The molecule has 1 aliphatic heterocycles. The highest BCUT2D eigenvalue weighted by Crippen LogP contribution is 2.13. The van der Waals surface area contributed by atoms with Crippen molar-refractivity contribution in [3.8, 4) is 0 Å². The van der Waals surface area contributed by atoms with E-state index in [4.69, 9.17) is 0 Å². The fraction of sp³-hybridized carbons (Fsp3) is 0.111. The largest absolute Gasteiger partial charge is 0.267 e. The Morgan fingerprint density at radius 2 is 2.00 bits per heavy atom. The van der Waals surface area contributed by atoms with E-state index in [0.29, 0.717) is 0 Å². The molecule has 0 fully saturated rings. The fourth-order valence-corrected chi connectivity index (χ4v) is 1.08. The van der Waals surface area contributed by atoms with Crippen LogP contribution in [0.2, 0.25) is 0 Å². The summed E-state index contributed by atoms with van der Waals surface area (Å²) in [5, 5.41) is 1.89. The molecule has 1 radical (unpaired) electrons. The van der Waals surface area contributed by atoms with E-state index < -0.39 is 0 Å². The van der Waals surface area contributed by atoms with Crippen molar-refractivity contribution in [3.63, 3.8) is 0 Å². The first-order chi connectivity index (χ1) is 5.47. The van der Waals surface area contributed by atoms with Gasteiger partial charge in [-0.15, -0.1) is 5.43 Å². The summed E-state index contributed by atoms with van der Waals surface area (Å²) in [6, 6.07) is 10.1. The van der Waals surface area contributed by atoms with Crippen LogP contribution in [0.25, 0.3) is 0 Å². The Hall–Kier alpha value is -1.28. The molecule has 2 heteroatoms. The van der Waals surface area contributed by atoms with Crippen molar-refractivity contribution in [1.82, 2.24) is 5.43 Å². The standard InChI is InChI=1S/C9H9N2/c1-2-5-9(6-3-1)11-8-4-7-10-11/h1-6,8H,7H2. The summed E-state index contributed by atoms with van der Waals surface area (Å²) in [5.74, 6) is 0. The van der Waals surface area contributed by atoms with Gasteiger partial charge in [-0.2, -0.15) is 0 Å². The van der Waals surface area contributed by atoms with Crippen LogP contribution >= 0.6 is 0 Å². The first-order valence-electron chi connectivity index (χ1n) is 3.65. The van der Waals surface area contributed by atoms with Gasteiger partial charge < -0.3 is 0 Å². The lowest BCUT2D eigenvalue weighted by molar-refractivity contribution is 0.796. The van der Waals surface area contributed by atoms with Gasteiger partial charge in [0.1, 0.15) is 0 Å². The summed E-state index contributed by atoms with van der Waals surface area (Å²) in [4.78, 5) is 0. The molecule has 11 heavy (non-hydrogen) atoms. The second kappa shape index (κ2) is 2.76. The normalized spacial score (nSPS) is 15.8. The molecule has 0 N–H and O–H groups in total. The van der Waals surface area contributed by atoms with E-state index in [-0.39, 0.29) is 0 Å². The summed E-state index contributed by atoms with van der Waals surface area (Å²) in [7, 11) is 0. The molecular formula is C9H9N2. The number of rotatable bonds is 1. The van der Waals surface area contributed by atoms with Crippen LogP contribution in [0.1, 0.15) is 0 Å². The van der Waals surface area contributed by atoms with E-state index in [1.165, 1.54) is 0 Å². The van der Waals surface area contributed by atoms with Gasteiger partial charge in [0.05, 0.1) is 12.2 Å². The summed E-state index contributed by atoms with van der Waals surface area (Å²) in [6.45, 7) is 0.800. The first kappa shape index (κ1) is 6.43. The van der Waals surface area contributed by atoms with E-state index in [1.54, 1.807) is 0 Å². The Labute approximate surface area is 66.1 Å². The summed E-state index contributed by atoms with van der Waals surface area (Å²) in [5.41, 5.74) is 5.35. The minimum atomic E-state index is 0.800. The van der Waals surface area contributed by atoms with Crippen molar-refractivity contribution in [1.29, 1.82) is 0 Å². The van der Waals surface area contributed by atoms with Crippen LogP contribution in [0.15, 0.2) is 42.6 Å². The highest BCUT2D eigenvalue weighted by molar-refractivity contribution is 5.48. The molecule has 0 spiro atoms. The van der Waals surface area contributed by atoms with Gasteiger partial charge in [0.25, 0.3) is 0 Å². The molecule has 1 heterocycles. The average molecular weight is 145 g/mol. The molecule has 0 amide bonds. The van der Waals surface area contributed by atoms with Crippen LogP contribution in [-0.4, -0.2) is 6.54 Å². The zero-order valence-electron chi connectivity index (χ0n) is 6.14. The number of hydrogen-bond donors (Lipinski definition) is 0. The lowest BCUT2D eigenvalue weighted by Crippen LogP contribution is -2.20. The van der Waals surface area contributed by atoms with Gasteiger partial charge in [-0.25, -0.2) is 0 Å². The maximum atomic E-state index is 4.23. The van der Waals surface area contributed by atoms with E-state index in [1.807, 2.05) is 47.6 Å². The molecule has 1 aromatic carbocycles. The van der Waals surface area contributed by atoms with Gasteiger partial charge in [0.2, 0.25) is 0 Å². The Bertz CT molecular complexity index is 254. The third-order valence-corrected chi connectivity index (χ3v) is 1.61. The molecule has 2 rings (SSSR count). The highest BCUT2D eigenvalue weighted by atomic mass is 15.5. The second-order valence-electron chi connectivity index (χ2n) is 2.39. The van der Waals surface area contributed by atoms with E-state index >= 15 is 0 Å². The quantitative estimate of drug-likeness (QED) is 0.586. The van der Waals surface area contributed by atoms with Crippen molar-refractivity contribution < 1.29 is 0 Å². The monoisotopic (exact) mass is 145 g/mol. The van der Waals surface area contributed by atoms with Crippen molar-refractivity contribution in [2.75, 3.05) is 11.6 Å². The van der Waals surface area contributed by atoms with Crippen LogP contribution < -0.4 is 10.4 Å². The van der Waals surface area contributed by atoms with Crippen molar-refractivity contribution >= 4 is 5.69 Å². The molecular weight excluding hydrogens is 136 g/mol. The molecule has 0 saturated carbocycles. The molecule has 0 unspecified atom stereocenters. The van der Waals surface area contributed by atoms with Gasteiger partial charge >= 0.3 is 0 Å². The van der Waals surface area contributed by atoms with Crippen molar-refractivity contribution in [3.05, 3.63) is 42.6 Å². The molecule has 0 aromatic heterocycles. The predicted octanol–water partition coefficient (Wildman–Crippen LogP) is 1.54. The summed E-state index contributed by atoms with van der Waals surface area (Å²) < 4.78 is 0. The smallest absolute Gasteiger partial charge is 0.0587 e. The van der Waals surface area contributed by atoms with Gasteiger partial charge in [0, 0.05) is 6.20 Å². The molecule has 1 aliphatic rings. The molecule has 0 aliphatic carbocycles. The van der Waals surface area contributed by atoms with Crippen LogP contribution in [0, 0.1) is 0 Å². The second-order valence-corrected chi connectivity index (χ2v) is 2.39. The van der Waals surface area contributed by atoms with Gasteiger partial charge in [-0.05, 0) is 18.2 Å². The lowest BCUT2D eigenvalue weighted by Gasteiger charge is -2.12. The molecule has 1 aromatic rings. The lowest BCUT2D eigenvalue weighted by atomic mass is 10.3. The van der Waals surface area contributed by atoms with Crippen LogP contribution in [0.4, 0.5) is 5.69 Å². The molecule has 0 atom stereocenters. The maximum Gasteiger partial charge on any atom is 0.0587 e. The zero-order chi connectivity index (χ0) is 7.52. The Morgan fingerprint density at radius 3 is 2.64 bits per heavy atom. The van der Waals surface area contributed by atoms with Gasteiger partial charge in [-0.3, -0.25) is 5.01 Å². The first-order valence-corrected chi connectivity index (χ1v) is 3.65. The van der Waals surface area contributed by atoms with Crippen LogP contribution in [0.3, 0.4) is 0 Å². The number of benzene rings is 1. The minimum Gasteiger partial charge on any atom is -0.267 e. The number of hydrogen-bond acceptors (Lipinski definition) is 1. The molecule has 0 bridgehead atoms. The third-order valence-electron chi connectivity index (χ3n) is 1.61. The number of para-hydroxylation sites is 1. The van der Waals surface area contributed by atoms with Crippen LogP contribution in [-0.2, 0) is 0 Å². The molecule has 2 nitrogen and oxygen atoms in total. The van der Waals surface area contributed by atoms with E-state index in [9.17, 15) is 0 Å². The summed E-state index contributed by atoms with van der Waals surface area (Å²) >= 11 is 0. The average Bonchev–Trinajstić information content (AvgIpc) is 2.58. The van der Waals surface area contributed by atoms with Crippen molar-refractivity contribution in [2.45, 2.75) is 0 Å². The SMILES string of the molecule is C1=CN(c2ccccc2)[N]C1. The number of anilines is 1. The summed E-state index contributed by atoms with van der Waals surface area (Å²) in [6.07, 6.45) is 4.02. The maximum absolute atomic E-state index is 4.23. The zero-order valence-corrected chi connectivity index (χ0v) is 6.14. The molecule has 55 valence electrons. The van der Waals surface area contributed by atoms with E-state index in [0.717, 1.165) is 12.2 Å². The number of nitrogens with zero attached hydrogens (tertiary/aromatic N) is 2. The Morgan fingerprint density at radius 1 is 1.18 bits per heavy atom. The third kappa shape index (κ3) is 1.25. The fourth-order valence-electron chi connectivity index (χ4n) is 1.08. The Balaban J connectivity index is 2.23. The predicted molar refractivity (Wildman–Crippen MR) is 45.1 cm³/mol. The van der Waals surface area contributed by atoms with E-state index in [2.05, 4.69) is 5.43 Å². The minimum absolute atomic E-state index is 0.800. The molecule has 0 saturated heterocycles. The van der Waals surface area contributed by atoms with Gasteiger partial charge in [0.15, 0.2) is 0 Å². The highest BCUT2D eigenvalue weighted by Gasteiger charge is 2.05. The Kier molecular flexibility index (Phi) is 1.61. The topological polar surface area (TPSA) is 17.3 Å². The van der Waals surface area contributed by atoms with Gasteiger partial charge in [-0.1, -0.05) is 18.2 Å². The van der Waals surface area contributed by atoms with Crippen molar-refractivity contribution in [2.24, 2.45) is 0 Å². The van der Waals surface area contributed by atoms with Crippen LogP contribution in [0.5, 0.6) is 0 Å².